The Morgan fingerprint density at radius 1 is 1.10 bits per heavy atom. The number of hydrogen-bond donors (Lipinski definition) is 1. The average Bonchev–Trinajstić information content (AvgIpc) is 2.35. The molecule has 1 heterocycles. The molecule has 114 valence electrons. The van der Waals surface area contributed by atoms with Crippen LogP contribution in [-0.4, -0.2) is 39.8 Å². The van der Waals surface area contributed by atoms with Gasteiger partial charge in [-0.05, 0) is 52.4 Å². The van der Waals surface area contributed by atoms with Gasteiger partial charge in [0.2, 0.25) is 0 Å². The second kappa shape index (κ2) is 5.62. The van der Waals surface area contributed by atoms with Crippen LogP contribution in [0.5, 0.6) is 0 Å². The van der Waals surface area contributed by atoms with Crippen LogP contribution in [0.15, 0.2) is 0 Å². The monoisotopic (exact) mass is 283 g/mol. The van der Waals surface area contributed by atoms with Gasteiger partial charge in [0.1, 0.15) is 11.6 Å². The molecule has 2 aliphatic rings. The van der Waals surface area contributed by atoms with E-state index in [0.29, 0.717) is 12.3 Å². The maximum Gasteiger partial charge on any atom is 0.411 e. The Morgan fingerprint density at radius 3 is 2.35 bits per heavy atom. The molecule has 3 atom stereocenters. The zero-order valence-corrected chi connectivity index (χ0v) is 12.6. The third-order valence-electron chi connectivity index (χ3n) is 4.26. The SMILES string of the molecule is CC(C)(C)OC(=O)N1[C@H](C(=O)O)CC[C@H]2CCCC[C@@H]21. The minimum absolute atomic E-state index is 0.0356. The largest absolute Gasteiger partial charge is 0.480 e. The molecule has 2 rings (SSSR count). The van der Waals surface area contributed by atoms with Crippen LogP contribution < -0.4 is 0 Å². The third kappa shape index (κ3) is 3.25. The van der Waals surface area contributed by atoms with Crippen molar-refractivity contribution in [2.24, 2.45) is 5.92 Å². The zero-order valence-electron chi connectivity index (χ0n) is 12.6. The summed E-state index contributed by atoms with van der Waals surface area (Å²) in [5.41, 5.74) is -0.595. The number of carboxylic acids is 1. The molecule has 1 saturated heterocycles. The number of hydrogen-bond acceptors (Lipinski definition) is 3. The van der Waals surface area contributed by atoms with Gasteiger partial charge in [0.25, 0.3) is 0 Å². The highest BCUT2D eigenvalue weighted by molar-refractivity contribution is 5.80. The van der Waals surface area contributed by atoms with E-state index in [1.165, 1.54) is 11.3 Å². The van der Waals surface area contributed by atoms with Crippen molar-refractivity contribution in [3.8, 4) is 0 Å². The minimum Gasteiger partial charge on any atom is -0.480 e. The molecule has 20 heavy (non-hydrogen) atoms. The maximum atomic E-state index is 12.4. The fraction of sp³-hybridized carbons (Fsp3) is 0.867. The molecule has 1 N–H and O–H groups in total. The highest BCUT2D eigenvalue weighted by atomic mass is 16.6. The Bertz CT molecular complexity index is 388. The quantitative estimate of drug-likeness (QED) is 0.803. The lowest BCUT2D eigenvalue weighted by Crippen LogP contribution is -2.58. The maximum absolute atomic E-state index is 12.4. The molecule has 1 aliphatic heterocycles. The molecule has 5 nitrogen and oxygen atoms in total. The molecule has 1 aliphatic carbocycles. The number of fused-ring (bicyclic) bond motifs is 1. The van der Waals surface area contributed by atoms with Gasteiger partial charge in [-0.15, -0.1) is 0 Å². The molecule has 0 aromatic carbocycles. The molecule has 0 aromatic rings. The van der Waals surface area contributed by atoms with E-state index in [-0.39, 0.29) is 6.04 Å². The van der Waals surface area contributed by atoms with Crippen molar-refractivity contribution in [1.29, 1.82) is 0 Å². The van der Waals surface area contributed by atoms with E-state index in [4.69, 9.17) is 4.74 Å². The van der Waals surface area contributed by atoms with Crippen LogP contribution in [0.3, 0.4) is 0 Å². The molecular weight excluding hydrogens is 258 g/mol. The molecule has 0 bridgehead atoms. The van der Waals surface area contributed by atoms with Gasteiger partial charge in [0, 0.05) is 6.04 Å². The van der Waals surface area contributed by atoms with Crippen LogP contribution in [-0.2, 0) is 9.53 Å². The minimum atomic E-state index is -0.917. The Labute approximate surface area is 120 Å². The normalized spacial score (nSPS) is 30.6. The molecule has 1 saturated carbocycles. The van der Waals surface area contributed by atoms with Gasteiger partial charge in [-0.2, -0.15) is 0 Å². The van der Waals surface area contributed by atoms with Gasteiger partial charge >= 0.3 is 12.1 Å². The van der Waals surface area contributed by atoms with E-state index in [1.807, 2.05) is 20.8 Å². The van der Waals surface area contributed by atoms with Gasteiger partial charge in [0.05, 0.1) is 0 Å². The smallest absolute Gasteiger partial charge is 0.411 e. The number of amides is 1. The van der Waals surface area contributed by atoms with Crippen molar-refractivity contribution in [3.05, 3.63) is 0 Å². The van der Waals surface area contributed by atoms with Gasteiger partial charge in [-0.25, -0.2) is 9.59 Å². The molecule has 0 radical (unpaired) electrons. The predicted molar refractivity (Wildman–Crippen MR) is 74.5 cm³/mol. The van der Waals surface area contributed by atoms with Gasteiger partial charge < -0.3 is 9.84 Å². The summed E-state index contributed by atoms with van der Waals surface area (Å²) >= 11 is 0. The van der Waals surface area contributed by atoms with Gasteiger partial charge in [0.15, 0.2) is 0 Å². The summed E-state index contributed by atoms with van der Waals surface area (Å²) in [5.74, 6) is -0.480. The Morgan fingerprint density at radius 2 is 1.75 bits per heavy atom. The van der Waals surface area contributed by atoms with Crippen LogP contribution in [0.4, 0.5) is 4.79 Å². The second-order valence-electron chi connectivity index (χ2n) is 6.93. The number of nitrogens with zero attached hydrogens (tertiary/aromatic N) is 1. The number of carboxylic acid groups (broad SMARTS) is 1. The number of likely N-dealkylation sites (tertiary alicyclic amines) is 1. The highest BCUT2D eigenvalue weighted by Gasteiger charge is 2.45. The van der Waals surface area contributed by atoms with Crippen molar-refractivity contribution >= 4 is 12.1 Å². The summed E-state index contributed by atoms with van der Waals surface area (Å²) in [6.07, 6.45) is 5.20. The lowest BCUT2D eigenvalue weighted by molar-refractivity contribution is -0.147. The molecular formula is C15H25NO4. The van der Waals surface area contributed by atoms with Crippen molar-refractivity contribution in [2.45, 2.75) is 77.0 Å². The lowest BCUT2D eigenvalue weighted by atomic mass is 9.76. The van der Waals surface area contributed by atoms with Crippen molar-refractivity contribution in [3.63, 3.8) is 0 Å². The average molecular weight is 283 g/mol. The molecule has 0 aromatic heterocycles. The number of ether oxygens (including phenoxy) is 1. The first-order chi connectivity index (χ1) is 9.29. The Hall–Kier alpha value is -1.26. The van der Waals surface area contributed by atoms with Gasteiger partial charge in [-0.1, -0.05) is 12.8 Å². The highest BCUT2D eigenvalue weighted by Crippen LogP contribution is 2.38. The lowest BCUT2D eigenvalue weighted by Gasteiger charge is -2.46. The zero-order chi connectivity index (χ0) is 14.9. The third-order valence-corrected chi connectivity index (χ3v) is 4.26. The summed E-state index contributed by atoms with van der Waals surface area (Å²) in [4.78, 5) is 25.4. The van der Waals surface area contributed by atoms with E-state index in [0.717, 1.165) is 25.7 Å². The summed E-state index contributed by atoms with van der Waals surface area (Å²) in [5, 5.41) is 9.40. The van der Waals surface area contributed by atoms with Crippen LogP contribution in [0.25, 0.3) is 0 Å². The molecule has 2 fully saturated rings. The van der Waals surface area contributed by atoms with E-state index < -0.39 is 23.7 Å². The van der Waals surface area contributed by atoms with E-state index in [1.54, 1.807) is 0 Å². The number of rotatable bonds is 1. The van der Waals surface area contributed by atoms with E-state index in [9.17, 15) is 14.7 Å². The Balaban J connectivity index is 2.20. The van der Waals surface area contributed by atoms with Crippen molar-refractivity contribution in [1.82, 2.24) is 4.90 Å². The summed E-state index contributed by atoms with van der Waals surface area (Å²) in [6, 6.07) is -0.697. The predicted octanol–water partition coefficient (Wildman–Crippen LogP) is 3.03. The van der Waals surface area contributed by atoms with Crippen LogP contribution in [0, 0.1) is 5.92 Å². The number of carbonyl (C=O) groups is 2. The number of aliphatic carboxylic acids is 1. The topological polar surface area (TPSA) is 66.8 Å². The van der Waals surface area contributed by atoms with Crippen molar-refractivity contribution < 1.29 is 19.4 Å². The summed E-state index contributed by atoms with van der Waals surface area (Å²) in [6.45, 7) is 5.43. The van der Waals surface area contributed by atoms with E-state index >= 15 is 0 Å². The summed E-state index contributed by atoms with van der Waals surface area (Å²) in [7, 11) is 0. The number of piperidine rings is 1. The van der Waals surface area contributed by atoms with Crippen LogP contribution in [0.1, 0.15) is 59.3 Å². The Kier molecular flexibility index (Phi) is 4.25. The van der Waals surface area contributed by atoms with Gasteiger partial charge in [-0.3, -0.25) is 4.90 Å². The standard InChI is InChI=1S/C15H25NO4/c1-15(2,3)20-14(19)16-11-7-5-4-6-10(11)8-9-12(16)13(17)18/h10-12H,4-9H2,1-3H3,(H,17,18)/t10-,11+,12+/m1/s1. The molecule has 0 spiro atoms. The fourth-order valence-corrected chi connectivity index (χ4v) is 3.45. The molecule has 0 unspecified atom stereocenters. The van der Waals surface area contributed by atoms with E-state index in [2.05, 4.69) is 0 Å². The molecule has 1 amide bonds. The first-order valence-corrected chi connectivity index (χ1v) is 7.54. The summed E-state index contributed by atoms with van der Waals surface area (Å²) < 4.78 is 5.43. The second-order valence-corrected chi connectivity index (χ2v) is 6.93. The fourth-order valence-electron chi connectivity index (χ4n) is 3.45. The van der Waals surface area contributed by atoms with Crippen LogP contribution in [0.2, 0.25) is 0 Å². The molecule has 5 heteroatoms. The number of carbonyl (C=O) groups excluding carboxylic acids is 1. The first kappa shape index (κ1) is 15.1. The first-order valence-electron chi connectivity index (χ1n) is 7.54. The van der Waals surface area contributed by atoms with Crippen LogP contribution >= 0.6 is 0 Å². The van der Waals surface area contributed by atoms with Crippen molar-refractivity contribution in [2.75, 3.05) is 0 Å².